The van der Waals surface area contributed by atoms with Gasteiger partial charge in [-0.1, -0.05) is 19.8 Å². The zero-order valence-electron chi connectivity index (χ0n) is 12.0. The van der Waals surface area contributed by atoms with E-state index in [0.717, 1.165) is 12.1 Å². The van der Waals surface area contributed by atoms with Gasteiger partial charge in [-0.25, -0.2) is 0 Å². The van der Waals surface area contributed by atoms with Crippen LogP contribution in [0.5, 0.6) is 0 Å². The Bertz CT molecular complexity index is 375. The second-order valence-electron chi connectivity index (χ2n) is 6.11. The lowest BCUT2D eigenvalue weighted by Crippen LogP contribution is -2.41. The summed E-state index contributed by atoms with van der Waals surface area (Å²) in [6.07, 6.45) is 9.50. The van der Waals surface area contributed by atoms with Gasteiger partial charge < -0.3 is 5.73 Å². The van der Waals surface area contributed by atoms with E-state index < -0.39 is 0 Å². The zero-order chi connectivity index (χ0) is 13.2. The molecule has 0 spiro atoms. The molecule has 0 bridgehead atoms. The minimum absolute atomic E-state index is 0.264. The Balaban J connectivity index is 2.03. The van der Waals surface area contributed by atoms with Crippen LogP contribution < -0.4 is 5.73 Å². The molecule has 18 heavy (non-hydrogen) atoms. The van der Waals surface area contributed by atoms with Gasteiger partial charge in [0.2, 0.25) is 0 Å². The van der Waals surface area contributed by atoms with Gasteiger partial charge in [-0.05, 0) is 44.6 Å². The van der Waals surface area contributed by atoms with E-state index in [-0.39, 0.29) is 6.04 Å². The summed E-state index contributed by atoms with van der Waals surface area (Å²) < 4.78 is 2.02. The Labute approximate surface area is 111 Å². The van der Waals surface area contributed by atoms with Gasteiger partial charge in [0.05, 0.1) is 5.69 Å². The van der Waals surface area contributed by atoms with Gasteiger partial charge in [-0.3, -0.25) is 4.68 Å². The fourth-order valence-corrected chi connectivity index (χ4v) is 3.28. The summed E-state index contributed by atoms with van der Waals surface area (Å²) in [6.45, 7) is 6.60. The van der Waals surface area contributed by atoms with E-state index in [9.17, 15) is 0 Å². The summed E-state index contributed by atoms with van der Waals surface area (Å²) in [5.41, 5.74) is 8.02. The van der Waals surface area contributed by atoms with Crippen molar-refractivity contribution < 1.29 is 0 Å². The summed E-state index contributed by atoms with van der Waals surface area (Å²) >= 11 is 0. The molecule has 1 unspecified atom stereocenters. The van der Waals surface area contributed by atoms with E-state index in [4.69, 9.17) is 5.73 Å². The lowest BCUT2D eigenvalue weighted by Gasteiger charge is -2.34. The van der Waals surface area contributed by atoms with Gasteiger partial charge in [0, 0.05) is 24.7 Å². The van der Waals surface area contributed by atoms with Crippen LogP contribution in [0.4, 0.5) is 0 Å². The first-order valence-electron chi connectivity index (χ1n) is 7.37. The molecule has 1 saturated carbocycles. The van der Waals surface area contributed by atoms with Gasteiger partial charge in [-0.2, -0.15) is 5.10 Å². The third-order valence-electron chi connectivity index (χ3n) is 4.71. The standard InChI is InChI=1S/C15H27N3/c1-4-15(8-5-6-9-15)14(16)11-13-7-10-18(17-13)12(2)3/h7,10,12,14H,4-6,8-9,11,16H2,1-3H3. The summed E-state index contributed by atoms with van der Waals surface area (Å²) in [5.74, 6) is 0. The quantitative estimate of drug-likeness (QED) is 0.870. The smallest absolute Gasteiger partial charge is 0.0640 e. The van der Waals surface area contributed by atoms with Crippen LogP contribution in [-0.4, -0.2) is 15.8 Å². The topological polar surface area (TPSA) is 43.8 Å². The van der Waals surface area contributed by atoms with Crippen LogP contribution in [0.1, 0.15) is 64.6 Å². The summed E-state index contributed by atoms with van der Waals surface area (Å²) in [4.78, 5) is 0. The fraction of sp³-hybridized carbons (Fsp3) is 0.800. The lowest BCUT2D eigenvalue weighted by atomic mass is 9.75. The van der Waals surface area contributed by atoms with Gasteiger partial charge >= 0.3 is 0 Å². The number of nitrogens with zero attached hydrogens (tertiary/aromatic N) is 2. The Morgan fingerprint density at radius 2 is 2.06 bits per heavy atom. The molecule has 2 N–H and O–H groups in total. The molecule has 0 amide bonds. The molecule has 1 aliphatic rings. The van der Waals surface area contributed by atoms with Crippen LogP contribution >= 0.6 is 0 Å². The maximum absolute atomic E-state index is 6.49. The summed E-state index contributed by atoms with van der Waals surface area (Å²) in [6, 6.07) is 2.82. The molecule has 2 rings (SSSR count). The predicted molar refractivity (Wildman–Crippen MR) is 75.5 cm³/mol. The van der Waals surface area contributed by atoms with Crippen molar-refractivity contribution in [2.45, 2.75) is 71.4 Å². The summed E-state index contributed by atoms with van der Waals surface area (Å²) in [7, 11) is 0. The molecule has 0 aromatic carbocycles. The monoisotopic (exact) mass is 249 g/mol. The molecular weight excluding hydrogens is 222 g/mol. The average molecular weight is 249 g/mol. The minimum atomic E-state index is 0.264. The van der Waals surface area contributed by atoms with Crippen LogP contribution in [0, 0.1) is 5.41 Å². The second-order valence-corrected chi connectivity index (χ2v) is 6.11. The normalized spacial score (nSPS) is 20.5. The first-order valence-corrected chi connectivity index (χ1v) is 7.37. The zero-order valence-corrected chi connectivity index (χ0v) is 12.0. The Morgan fingerprint density at radius 3 is 2.56 bits per heavy atom. The highest BCUT2D eigenvalue weighted by Crippen LogP contribution is 2.43. The number of aromatic nitrogens is 2. The van der Waals surface area contributed by atoms with Gasteiger partial charge in [0.15, 0.2) is 0 Å². The second kappa shape index (κ2) is 5.43. The SMILES string of the molecule is CCC1(C(N)Cc2ccn(C(C)C)n2)CCCC1. The molecule has 1 aromatic rings. The average Bonchev–Trinajstić information content (AvgIpc) is 2.97. The first-order chi connectivity index (χ1) is 8.57. The molecular formula is C15H27N3. The highest BCUT2D eigenvalue weighted by atomic mass is 15.3. The number of hydrogen-bond donors (Lipinski definition) is 1. The van der Waals surface area contributed by atoms with Crippen molar-refractivity contribution in [3.8, 4) is 0 Å². The van der Waals surface area contributed by atoms with Crippen molar-refractivity contribution in [2.75, 3.05) is 0 Å². The van der Waals surface area contributed by atoms with Gasteiger partial charge in [0.1, 0.15) is 0 Å². The highest BCUT2D eigenvalue weighted by Gasteiger charge is 2.37. The largest absolute Gasteiger partial charge is 0.327 e. The molecule has 0 saturated heterocycles. The number of hydrogen-bond acceptors (Lipinski definition) is 2. The highest BCUT2D eigenvalue weighted by molar-refractivity contribution is 5.05. The fourth-order valence-electron chi connectivity index (χ4n) is 3.28. The van der Waals surface area contributed by atoms with Crippen LogP contribution in [-0.2, 0) is 6.42 Å². The van der Waals surface area contributed by atoms with E-state index in [0.29, 0.717) is 11.5 Å². The Morgan fingerprint density at radius 1 is 1.39 bits per heavy atom. The third-order valence-corrected chi connectivity index (χ3v) is 4.71. The third kappa shape index (κ3) is 2.61. The van der Waals surface area contributed by atoms with Crippen LogP contribution in [0.15, 0.2) is 12.3 Å². The molecule has 1 heterocycles. The van der Waals surface area contributed by atoms with E-state index in [1.165, 1.54) is 32.1 Å². The molecule has 1 fully saturated rings. The van der Waals surface area contributed by atoms with Crippen molar-refractivity contribution in [1.29, 1.82) is 0 Å². The van der Waals surface area contributed by atoms with Crippen molar-refractivity contribution in [1.82, 2.24) is 9.78 Å². The van der Waals surface area contributed by atoms with Gasteiger partial charge in [-0.15, -0.1) is 0 Å². The Hall–Kier alpha value is -0.830. The number of nitrogens with two attached hydrogens (primary N) is 1. The molecule has 3 heteroatoms. The maximum Gasteiger partial charge on any atom is 0.0640 e. The number of rotatable bonds is 5. The predicted octanol–water partition coefficient (Wildman–Crippen LogP) is 3.30. The minimum Gasteiger partial charge on any atom is -0.327 e. The van der Waals surface area contributed by atoms with E-state index in [1.54, 1.807) is 0 Å². The van der Waals surface area contributed by atoms with E-state index in [2.05, 4.69) is 38.1 Å². The molecule has 0 radical (unpaired) electrons. The molecule has 3 nitrogen and oxygen atoms in total. The Kier molecular flexibility index (Phi) is 4.10. The molecule has 1 aromatic heterocycles. The molecule has 0 aliphatic heterocycles. The van der Waals surface area contributed by atoms with Crippen molar-refractivity contribution in [2.24, 2.45) is 11.1 Å². The van der Waals surface area contributed by atoms with Crippen LogP contribution in [0.3, 0.4) is 0 Å². The van der Waals surface area contributed by atoms with Crippen molar-refractivity contribution in [3.05, 3.63) is 18.0 Å². The van der Waals surface area contributed by atoms with Crippen LogP contribution in [0.2, 0.25) is 0 Å². The van der Waals surface area contributed by atoms with E-state index in [1.807, 2.05) is 4.68 Å². The molecule has 1 atom stereocenters. The van der Waals surface area contributed by atoms with Crippen molar-refractivity contribution in [3.63, 3.8) is 0 Å². The lowest BCUT2D eigenvalue weighted by molar-refractivity contribution is 0.217. The molecule has 1 aliphatic carbocycles. The van der Waals surface area contributed by atoms with Crippen LogP contribution in [0.25, 0.3) is 0 Å². The van der Waals surface area contributed by atoms with Gasteiger partial charge in [0.25, 0.3) is 0 Å². The van der Waals surface area contributed by atoms with Crippen molar-refractivity contribution >= 4 is 0 Å². The first kappa shape index (κ1) is 13.6. The summed E-state index contributed by atoms with van der Waals surface area (Å²) in [5, 5.41) is 4.62. The van der Waals surface area contributed by atoms with E-state index >= 15 is 0 Å². The maximum atomic E-state index is 6.49. The molecule has 102 valence electrons.